The standard InChI is InChI=1S/C18H17N3O5S/c1-20(10-4-9-19)16(22)12-26-17(23)11-21-14-7-2-5-13-6-3-8-15(18(13)14)27(21,24)25/h2-3,5-8H,4,10-12H2,1H3. The van der Waals surface area contributed by atoms with Crippen LogP contribution in [0.5, 0.6) is 0 Å². The number of amides is 1. The minimum absolute atomic E-state index is 0.149. The first-order valence-corrected chi connectivity index (χ1v) is 9.61. The topological polar surface area (TPSA) is 108 Å². The van der Waals surface area contributed by atoms with E-state index in [9.17, 15) is 18.0 Å². The molecule has 0 unspecified atom stereocenters. The summed E-state index contributed by atoms with van der Waals surface area (Å²) < 4.78 is 31.5. The van der Waals surface area contributed by atoms with Crippen molar-refractivity contribution in [1.29, 1.82) is 5.26 Å². The molecule has 0 aromatic heterocycles. The zero-order chi connectivity index (χ0) is 19.6. The first-order valence-electron chi connectivity index (χ1n) is 8.17. The molecule has 0 saturated heterocycles. The summed E-state index contributed by atoms with van der Waals surface area (Å²) in [5, 5.41) is 9.86. The van der Waals surface area contributed by atoms with E-state index < -0.39 is 35.1 Å². The average Bonchev–Trinajstić information content (AvgIpc) is 2.87. The third-order valence-electron chi connectivity index (χ3n) is 4.30. The molecule has 0 radical (unpaired) electrons. The predicted octanol–water partition coefficient (Wildman–Crippen LogP) is 1.26. The maximum Gasteiger partial charge on any atom is 0.327 e. The summed E-state index contributed by atoms with van der Waals surface area (Å²) in [6, 6.07) is 12.0. The van der Waals surface area contributed by atoms with Crippen LogP contribution in [0.4, 0.5) is 5.69 Å². The summed E-state index contributed by atoms with van der Waals surface area (Å²) in [6.45, 7) is -0.804. The van der Waals surface area contributed by atoms with E-state index in [1.165, 1.54) is 18.0 Å². The van der Waals surface area contributed by atoms with E-state index in [-0.39, 0.29) is 17.9 Å². The predicted molar refractivity (Wildman–Crippen MR) is 97.3 cm³/mol. The second kappa shape index (κ2) is 7.25. The Bertz CT molecular complexity index is 1050. The Balaban J connectivity index is 1.72. The molecule has 0 saturated carbocycles. The largest absolute Gasteiger partial charge is 0.454 e. The summed E-state index contributed by atoms with van der Waals surface area (Å²) in [4.78, 5) is 25.4. The number of hydrogen-bond acceptors (Lipinski definition) is 6. The van der Waals surface area contributed by atoms with Crippen LogP contribution < -0.4 is 4.31 Å². The number of carbonyl (C=O) groups is 2. The van der Waals surface area contributed by atoms with Gasteiger partial charge in [0.2, 0.25) is 0 Å². The van der Waals surface area contributed by atoms with Crippen LogP contribution in [0.1, 0.15) is 6.42 Å². The van der Waals surface area contributed by atoms with Gasteiger partial charge in [0.1, 0.15) is 6.54 Å². The molecule has 1 aliphatic heterocycles. The molecule has 1 amide bonds. The summed E-state index contributed by atoms with van der Waals surface area (Å²) in [6.07, 6.45) is 0.171. The van der Waals surface area contributed by atoms with E-state index in [0.717, 1.165) is 9.69 Å². The minimum atomic E-state index is -3.86. The molecule has 1 aliphatic rings. The fourth-order valence-corrected chi connectivity index (χ4v) is 4.54. The number of carbonyl (C=O) groups excluding carboxylic acids is 2. The van der Waals surface area contributed by atoms with Gasteiger partial charge in [-0.3, -0.25) is 13.9 Å². The number of esters is 1. The average molecular weight is 387 g/mol. The molecule has 3 rings (SSSR count). The molecule has 0 atom stereocenters. The number of ether oxygens (including phenoxy) is 1. The maximum absolute atomic E-state index is 12.8. The molecule has 8 nitrogen and oxygen atoms in total. The molecular weight excluding hydrogens is 370 g/mol. The number of likely N-dealkylation sites (N-methyl/N-ethyl adjacent to an activating group) is 1. The summed E-state index contributed by atoms with van der Waals surface area (Å²) in [5.41, 5.74) is 0.414. The van der Waals surface area contributed by atoms with Gasteiger partial charge in [-0.05, 0) is 17.5 Å². The first-order chi connectivity index (χ1) is 12.9. The van der Waals surface area contributed by atoms with Crippen molar-refractivity contribution in [1.82, 2.24) is 4.90 Å². The van der Waals surface area contributed by atoms with Crippen LogP contribution in [0.3, 0.4) is 0 Å². The van der Waals surface area contributed by atoms with Crippen molar-refractivity contribution in [3.63, 3.8) is 0 Å². The van der Waals surface area contributed by atoms with E-state index >= 15 is 0 Å². The smallest absolute Gasteiger partial charge is 0.327 e. The zero-order valence-electron chi connectivity index (χ0n) is 14.6. The van der Waals surface area contributed by atoms with Crippen molar-refractivity contribution >= 4 is 38.4 Å². The SMILES string of the molecule is CN(CCC#N)C(=O)COC(=O)CN1c2cccc3cccc(c23)S1(=O)=O. The maximum atomic E-state index is 12.8. The van der Waals surface area contributed by atoms with Gasteiger partial charge in [0.05, 0.1) is 23.1 Å². The van der Waals surface area contributed by atoms with Gasteiger partial charge in [-0.2, -0.15) is 5.26 Å². The van der Waals surface area contributed by atoms with Crippen LogP contribution in [0.25, 0.3) is 10.8 Å². The lowest BCUT2D eigenvalue weighted by Crippen LogP contribution is -2.36. The number of rotatable bonds is 6. The molecule has 2 aromatic rings. The second-order valence-electron chi connectivity index (χ2n) is 6.03. The van der Waals surface area contributed by atoms with Crippen LogP contribution in [-0.4, -0.2) is 51.9 Å². The number of hydrogen-bond donors (Lipinski definition) is 0. The Hall–Kier alpha value is -3.12. The number of benzene rings is 2. The van der Waals surface area contributed by atoms with Crippen LogP contribution >= 0.6 is 0 Å². The quantitative estimate of drug-likeness (QED) is 0.691. The molecule has 140 valence electrons. The second-order valence-corrected chi connectivity index (χ2v) is 7.86. The van der Waals surface area contributed by atoms with Crippen molar-refractivity contribution in [2.24, 2.45) is 0 Å². The summed E-state index contributed by atoms with van der Waals surface area (Å²) in [7, 11) is -2.36. The summed E-state index contributed by atoms with van der Waals surface area (Å²) >= 11 is 0. The van der Waals surface area contributed by atoms with Gasteiger partial charge < -0.3 is 9.64 Å². The highest BCUT2D eigenvalue weighted by molar-refractivity contribution is 7.93. The molecule has 1 heterocycles. The third-order valence-corrected chi connectivity index (χ3v) is 6.10. The van der Waals surface area contributed by atoms with Crippen molar-refractivity contribution in [2.75, 3.05) is 31.0 Å². The van der Waals surface area contributed by atoms with Gasteiger partial charge in [0.15, 0.2) is 6.61 Å². The Morgan fingerprint density at radius 2 is 1.93 bits per heavy atom. The van der Waals surface area contributed by atoms with Crippen molar-refractivity contribution in [3.05, 3.63) is 36.4 Å². The van der Waals surface area contributed by atoms with Gasteiger partial charge >= 0.3 is 5.97 Å². The fourth-order valence-electron chi connectivity index (χ4n) is 2.89. The molecule has 0 bridgehead atoms. The van der Waals surface area contributed by atoms with Crippen LogP contribution in [0.2, 0.25) is 0 Å². The number of nitriles is 1. The molecule has 2 aromatic carbocycles. The lowest BCUT2D eigenvalue weighted by molar-refractivity contribution is -0.150. The minimum Gasteiger partial charge on any atom is -0.454 e. The van der Waals surface area contributed by atoms with Crippen molar-refractivity contribution < 1.29 is 22.7 Å². The molecule has 0 N–H and O–H groups in total. The number of sulfonamides is 1. The van der Waals surface area contributed by atoms with Gasteiger partial charge in [-0.15, -0.1) is 0 Å². The normalized spacial score (nSPS) is 14.0. The third kappa shape index (κ3) is 3.44. The van der Waals surface area contributed by atoms with Crippen molar-refractivity contribution in [3.8, 4) is 6.07 Å². The first kappa shape index (κ1) is 18.7. The molecule has 27 heavy (non-hydrogen) atoms. The lowest BCUT2D eigenvalue weighted by Gasteiger charge is -2.19. The monoisotopic (exact) mass is 387 g/mol. The highest BCUT2D eigenvalue weighted by atomic mass is 32.2. The van der Waals surface area contributed by atoms with E-state index in [2.05, 4.69) is 0 Å². The van der Waals surface area contributed by atoms with Crippen molar-refractivity contribution in [2.45, 2.75) is 11.3 Å². The van der Waals surface area contributed by atoms with E-state index in [0.29, 0.717) is 11.1 Å². The Morgan fingerprint density at radius 3 is 2.63 bits per heavy atom. The van der Waals surface area contributed by atoms with Crippen LogP contribution in [-0.2, 0) is 24.3 Å². The number of anilines is 1. The lowest BCUT2D eigenvalue weighted by atomic mass is 10.1. The van der Waals surface area contributed by atoms with Gasteiger partial charge in [0, 0.05) is 19.0 Å². The van der Waals surface area contributed by atoms with Gasteiger partial charge in [0.25, 0.3) is 15.9 Å². The van der Waals surface area contributed by atoms with E-state index in [1.54, 1.807) is 30.3 Å². The van der Waals surface area contributed by atoms with Crippen LogP contribution in [0, 0.1) is 11.3 Å². The van der Waals surface area contributed by atoms with E-state index in [1.807, 2.05) is 6.07 Å². The van der Waals surface area contributed by atoms with Gasteiger partial charge in [-0.25, -0.2) is 8.42 Å². The fraction of sp³-hybridized carbons (Fsp3) is 0.278. The van der Waals surface area contributed by atoms with E-state index in [4.69, 9.17) is 10.00 Å². The molecular formula is C18H17N3O5S. The Kier molecular flexibility index (Phi) is 5.01. The molecule has 9 heteroatoms. The van der Waals surface area contributed by atoms with Crippen LogP contribution in [0.15, 0.2) is 41.3 Å². The zero-order valence-corrected chi connectivity index (χ0v) is 15.4. The number of nitrogens with zero attached hydrogens (tertiary/aromatic N) is 3. The molecule has 0 fully saturated rings. The molecule has 0 aliphatic carbocycles. The van der Waals surface area contributed by atoms with Gasteiger partial charge in [-0.1, -0.05) is 24.3 Å². The highest BCUT2D eigenvalue weighted by Gasteiger charge is 2.37. The Morgan fingerprint density at radius 1 is 1.22 bits per heavy atom. The highest BCUT2D eigenvalue weighted by Crippen LogP contribution is 2.41. The summed E-state index contributed by atoms with van der Waals surface area (Å²) in [5.74, 6) is -1.29. The molecule has 0 spiro atoms. The Labute approximate surface area is 156 Å².